The van der Waals surface area contributed by atoms with Crippen molar-refractivity contribution >= 4 is 35.1 Å². The molecule has 210 valence electrons. The average Bonchev–Trinajstić information content (AvgIpc) is 2.93. The zero-order chi connectivity index (χ0) is 27.8. The molecule has 11 heteroatoms. The predicted molar refractivity (Wildman–Crippen MR) is 154 cm³/mol. The van der Waals surface area contributed by atoms with Crippen molar-refractivity contribution in [2.75, 3.05) is 38.1 Å². The van der Waals surface area contributed by atoms with Gasteiger partial charge in [0.25, 0.3) is 0 Å². The molecule has 0 saturated carbocycles. The smallest absolute Gasteiger partial charge is 0.303 e. The van der Waals surface area contributed by atoms with Crippen LogP contribution >= 0.6 is 23.2 Å². The monoisotopic (exact) mass is 582 g/mol. The number of halogens is 2. The number of pyridine rings is 1. The van der Waals surface area contributed by atoms with E-state index in [9.17, 15) is 4.79 Å². The van der Waals surface area contributed by atoms with Gasteiger partial charge in [-0.2, -0.15) is 0 Å². The zero-order valence-electron chi connectivity index (χ0n) is 22.3. The minimum atomic E-state index is -0.726. The second-order valence-electron chi connectivity index (χ2n) is 11.1. The van der Waals surface area contributed by atoms with E-state index in [1.54, 1.807) is 18.5 Å². The van der Waals surface area contributed by atoms with Crippen LogP contribution in [-0.4, -0.2) is 81.1 Å². The molecule has 9 nitrogen and oxygen atoms in total. The van der Waals surface area contributed by atoms with Crippen molar-refractivity contribution in [1.29, 1.82) is 0 Å². The van der Waals surface area contributed by atoms with Crippen molar-refractivity contribution in [2.45, 2.75) is 44.3 Å². The summed E-state index contributed by atoms with van der Waals surface area (Å²) in [6, 6.07) is 10.5. The molecule has 0 amide bonds. The number of carboxylic acid groups (broad SMARTS) is 1. The molecule has 0 spiro atoms. The molecule has 4 saturated heterocycles. The average molecular weight is 584 g/mol. The van der Waals surface area contributed by atoms with Crippen molar-refractivity contribution in [3.63, 3.8) is 0 Å². The van der Waals surface area contributed by atoms with Gasteiger partial charge in [-0.1, -0.05) is 23.2 Å². The van der Waals surface area contributed by atoms with Gasteiger partial charge in [0.2, 0.25) is 11.8 Å². The molecule has 2 bridgehead atoms. The normalized spacial score (nSPS) is 21.7. The Morgan fingerprint density at radius 2 is 1.70 bits per heavy atom. The fourth-order valence-electron chi connectivity index (χ4n) is 6.01. The van der Waals surface area contributed by atoms with Gasteiger partial charge in [-0.15, -0.1) is 0 Å². The number of aliphatic carboxylic acids is 1. The Kier molecular flexibility index (Phi) is 7.81. The van der Waals surface area contributed by atoms with Gasteiger partial charge in [0, 0.05) is 59.8 Å². The highest BCUT2D eigenvalue weighted by molar-refractivity contribution is 6.35. The highest BCUT2D eigenvalue weighted by atomic mass is 35.5. The number of hydrogen-bond donors (Lipinski definition) is 1. The molecule has 4 aliphatic rings. The van der Waals surface area contributed by atoms with Crippen LogP contribution in [0, 0.1) is 5.92 Å². The molecule has 2 atom stereocenters. The topological polar surface area (TPSA) is 94.9 Å². The van der Waals surface area contributed by atoms with Gasteiger partial charge >= 0.3 is 5.97 Å². The standard InChI is InChI=1S/C29H32Cl2N6O3/c1-35-23-12-24(35)17-37(16-23)29-32-13-25(14-33-29)40-27-7-19(15-36-4-2-18(3-5-36)8-28(38)39)6-26(34-27)20-9-21(30)11-22(31)10-20/h6-7,9-11,13-14,18,23-24H,2-5,8,12,15-17H2,1H3,(H,38,39). The summed E-state index contributed by atoms with van der Waals surface area (Å²) in [5.74, 6) is 1.17. The number of carboxylic acids is 1. The molecule has 0 aliphatic carbocycles. The van der Waals surface area contributed by atoms with Crippen LogP contribution in [0.15, 0.2) is 42.7 Å². The van der Waals surface area contributed by atoms with Gasteiger partial charge in [-0.25, -0.2) is 15.0 Å². The molecule has 4 fully saturated rings. The van der Waals surface area contributed by atoms with E-state index >= 15 is 0 Å². The first-order valence-electron chi connectivity index (χ1n) is 13.7. The second kappa shape index (κ2) is 11.5. The van der Waals surface area contributed by atoms with E-state index in [0.717, 1.165) is 56.1 Å². The summed E-state index contributed by atoms with van der Waals surface area (Å²) in [7, 11) is 2.18. The van der Waals surface area contributed by atoms with Gasteiger partial charge in [-0.3, -0.25) is 14.6 Å². The Balaban J connectivity index is 1.20. The molecule has 6 heterocycles. The van der Waals surface area contributed by atoms with E-state index in [1.807, 2.05) is 24.3 Å². The number of fused-ring (bicyclic) bond motifs is 2. The van der Waals surface area contributed by atoms with E-state index in [-0.39, 0.29) is 12.3 Å². The van der Waals surface area contributed by atoms with Crippen LogP contribution in [-0.2, 0) is 11.3 Å². The Morgan fingerprint density at radius 3 is 2.33 bits per heavy atom. The molecular formula is C29H32Cl2N6O3. The van der Waals surface area contributed by atoms with Crippen LogP contribution < -0.4 is 9.64 Å². The number of piperidine rings is 2. The molecule has 1 aromatic carbocycles. The molecule has 2 aromatic heterocycles. The summed E-state index contributed by atoms with van der Waals surface area (Å²) in [6.45, 7) is 4.27. The van der Waals surface area contributed by atoms with Crippen LogP contribution in [0.2, 0.25) is 10.0 Å². The van der Waals surface area contributed by atoms with Gasteiger partial charge in [0.05, 0.1) is 18.1 Å². The molecule has 4 aliphatic heterocycles. The first-order valence-corrected chi connectivity index (χ1v) is 14.4. The van der Waals surface area contributed by atoms with Crippen molar-refractivity contribution < 1.29 is 14.6 Å². The third-order valence-corrected chi connectivity index (χ3v) is 8.71. The zero-order valence-corrected chi connectivity index (χ0v) is 23.9. The van der Waals surface area contributed by atoms with Crippen molar-refractivity contribution in [1.82, 2.24) is 24.8 Å². The van der Waals surface area contributed by atoms with E-state index in [4.69, 9.17) is 38.0 Å². The Hall–Kier alpha value is -2.98. The van der Waals surface area contributed by atoms with Crippen LogP contribution in [0.25, 0.3) is 11.3 Å². The molecule has 7 rings (SSSR count). The number of piperazine rings is 1. The first kappa shape index (κ1) is 27.2. The number of benzene rings is 1. The van der Waals surface area contributed by atoms with Crippen LogP contribution in [0.3, 0.4) is 0 Å². The van der Waals surface area contributed by atoms with Gasteiger partial charge in [0.1, 0.15) is 0 Å². The molecular weight excluding hydrogens is 551 g/mol. The van der Waals surface area contributed by atoms with Gasteiger partial charge in [0.15, 0.2) is 5.75 Å². The maximum absolute atomic E-state index is 11.1. The third-order valence-electron chi connectivity index (χ3n) is 8.27. The van der Waals surface area contributed by atoms with Crippen LogP contribution in [0.5, 0.6) is 11.6 Å². The van der Waals surface area contributed by atoms with E-state index < -0.39 is 5.97 Å². The Morgan fingerprint density at radius 1 is 1.02 bits per heavy atom. The second-order valence-corrected chi connectivity index (χ2v) is 12.0. The number of carbonyl (C=O) groups is 1. The minimum Gasteiger partial charge on any atom is -0.481 e. The summed E-state index contributed by atoms with van der Waals surface area (Å²) < 4.78 is 6.17. The summed E-state index contributed by atoms with van der Waals surface area (Å²) in [5.41, 5.74) is 2.53. The number of aromatic nitrogens is 3. The first-order chi connectivity index (χ1) is 19.3. The number of rotatable bonds is 8. The molecule has 1 N–H and O–H groups in total. The fraction of sp³-hybridized carbons (Fsp3) is 0.448. The number of hydrogen-bond acceptors (Lipinski definition) is 8. The van der Waals surface area contributed by atoms with Gasteiger partial charge in [-0.05, 0) is 75.1 Å². The van der Waals surface area contributed by atoms with E-state index in [1.165, 1.54) is 6.42 Å². The van der Waals surface area contributed by atoms with Gasteiger partial charge < -0.3 is 14.7 Å². The number of likely N-dealkylation sites (N-methyl/N-ethyl adjacent to an activating group) is 1. The van der Waals surface area contributed by atoms with Crippen LogP contribution in [0.4, 0.5) is 5.95 Å². The van der Waals surface area contributed by atoms with Crippen LogP contribution in [0.1, 0.15) is 31.2 Å². The lowest BCUT2D eigenvalue weighted by atomic mass is 9.89. The van der Waals surface area contributed by atoms with E-state index in [0.29, 0.717) is 46.0 Å². The molecule has 3 aromatic rings. The van der Waals surface area contributed by atoms with Crippen molar-refractivity contribution in [2.24, 2.45) is 5.92 Å². The molecule has 40 heavy (non-hydrogen) atoms. The Bertz CT molecular complexity index is 1350. The summed E-state index contributed by atoms with van der Waals surface area (Å²) in [6.07, 6.45) is 6.62. The van der Waals surface area contributed by atoms with Crippen molar-refractivity contribution in [3.8, 4) is 22.9 Å². The lowest BCUT2D eigenvalue weighted by molar-refractivity contribution is -0.138. The summed E-state index contributed by atoms with van der Waals surface area (Å²) in [4.78, 5) is 32.0. The minimum absolute atomic E-state index is 0.230. The third kappa shape index (κ3) is 6.17. The van der Waals surface area contributed by atoms with E-state index in [2.05, 4.69) is 31.7 Å². The number of likely N-dealkylation sites (tertiary alicyclic amines) is 1. The number of anilines is 1. The number of ether oxygens (including phenoxy) is 1. The van der Waals surface area contributed by atoms with Crippen molar-refractivity contribution in [3.05, 3.63) is 58.3 Å². The SMILES string of the molecule is CN1C2CC1CN(c1ncc(Oc3cc(CN4CCC(CC(=O)O)CC4)cc(-c4cc(Cl)cc(Cl)c4)n3)cn1)C2. The maximum atomic E-state index is 11.1. The predicted octanol–water partition coefficient (Wildman–Crippen LogP) is 5.22. The molecule has 0 radical (unpaired) electrons. The lowest BCUT2D eigenvalue weighted by Gasteiger charge is -2.54. The highest BCUT2D eigenvalue weighted by Gasteiger charge is 2.42. The maximum Gasteiger partial charge on any atom is 0.303 e. The quantitative estimate of drug-likeness (QED) is 0.383. The molecule has 2 unspecified atom stereocenters. The largest absolute Gasteiger partial charge is 0.481 e. The Labute approximate surface area is 243 Å². The summed E-state index contributed by atoms with van der Waals surface area (Å²) >= 11 is 12.6. The highest BCUT2D eigenvalue weighted by Crippen LogP contribution is 2.33. The number of nitrogens with zero attached hydrogens (tertiary/aromatic N) is 6. The summed E-state index contributed by atoms with van der Waals surface area (Å²) in [5, 5.41) is 10.2. The fourth-order valence-corrected chi connectivity index (χ4v) is 6.54. The lowest BCUT2D eigenvalue weighted by Crippen LogP contribution is -2.67.